The summed E-state index contributed by atoms with van der Waals surface area (Å²) in [7, 11) is 2.61. The molecule has 0 radical (unpaired) electrons. The Labute approximate surface area is 142 Å². The van der Waals surface area contributed by atoms with Crippen LogP contribution in [0.15, 0.2) is 60.7 Å². The molecule has 118 valence electrons. The van der Waals surface area contributed by atoms with E-state index in [1.165, 1.54) is 5.39 Å². The zero-order chi connectivity index (χ0) is 17.1. The predicted molar refractivity (Wildman–Crippen MR) is 101 cm³/mol. The second-order valence-corrected chi connectivity index (χ2v) is 5.82. The van der Waals surface area contributed by atoms with E-state index in [0.717, 1.165) is 22.2 Å². The summed E-state index contributed by atoms with van der Waals surface area (Å²) in [5, 5.41) is 20.6. The van der Waals surface area contributed by atoms with Crippen molar-refractivity contribution in [2.75, 3.05) is 19.0 Å². The molecule has 0 saturated heterocycles. The van der Waals surface area contributed by atoms with Gasteiger partial charge in [0.25, 0.3) is 0 Å². The molecule has 0 unspecified atom stereocenters. The van der Waals surface area contributed by atoms with Crippen molar-refractivity contribution in [2.24, 2.45) is 0 Å². The average molecular weight is 315 g/mol. The van der Waals surface area contributed by atoms with E-state index in [9.17, 15) is 0 Å². The molecule has 4 heteroatoms. The van der Waals surface area contributed by atoms with Crippen LogP contribution in [-0.4, -0.2) is 31.3 Å². The van der Waals surface area contributed by atoms with Gasteiger partial charge in [-0.25, -0.2) is 0 Å². The van der Waals surface area contributed by atoms with Gasteiger partial charge < -0.3 is 14.9 Å². The normalized spacial score (nSPS) is 10.2. The van der Waals surface area contributed by atoms with Crippen LogP contribution in [0.25, 0.3) is 10.8 Å². The van der Waals surface area contributed by atoms with Gasteiger partial charge in [-0.15, -0.1) is 0 Å². The van der Waals surface area contributed by atoms with Crippen molar-refractivity contribution in [2.45, 2.75) is 0 Å². The maximum atomic E-state index is 9.13. The molecule has 3 nitrogen and oxygen atoms in total. The molecule has 3 rings (SSSR count). The van der Waals surface area contributed by atoms with Gasteiger partial charge in [-0.3, -0.25) is 0 Å². The summed E-state index contributed by atoms with van der Waals surface area (Å²) in [6, 6.07) is 19.3. The summed E-state index contributed by atoms with van der Waals surface area (Å²) < 4.78 is 0. The van der Waals surface area contributed by atoms with Crippen LogP contribution in [0, 0.1) is 11.8 Å². The second-order valence-electron chi connectivity index (χ2n) is 5.82. The molecule has 0 aliphatic carbocycles. The van der Waals surface area contributed by atoms with Crippen molar-refractivity contribution in [3.8, 4) is 11.8 Å². The van der Waals surface area contributed by atoms with Crippen LogP contribution in [-0.2, 0) is 0 Å². The lowest BCUT2D eigenvalue weighted by atomic mass is 9.80. The van der Waals surface area contributed by atoms with E-state index in [2.05, 4.69) is 34.9 Å². The third-order valence-corrected chi connectivity index (χ3v) is 3.93. The number of nitrogens with zero attached hydrogens (tertiary/aromatic N) is 1. The Morgan fingerprint density at radius 3 is 2.12 bits per heavy atom. The van der Waals surface area contributed by atoms with Crippen LogP contribution in [0.4, 0.5) is 5.69 Å². The fraction of sp³-hybridized carbons (Fsp3) is 0.100. The molecular formula is C20H18BNO2. The van der Waals surface area contributed by atoms with E-state index < -0.39 is 7.12 Å². The zero-order valence-corrected chi connectivity index (χ0v) is 13.7. The average Bonchev–Trinajstić information content (AvgIpc) is 2.59. The Hall–Kier alpha value is -2.74. The Balaban J connectivity index is 2.01. The summed E-state index contributed by atoms with van der Waals surface area (Å²) >= 11 is 0. The maximum absolute atomic E-state index is 9.13. The topological polar surface area (TPSA) is 43.7 Å². The van der Waals surface area contributed by atoms with Gasteiger partial charge in [0.2, 0.25) is 0 Å². The van der Waals surface area contributed by atoms with Crippen LogP contribution in [0.1, 0.15) is 11.1 Å². The number of rotatable bonds is 2. The molecule has 0 amide bonds. The molecule has 0 aliphatic rings. The van der Waals surface area contributed by atoms with Crippen molar-refractivity contribution >= 4 is 29.0 Å². The van der Waals surface area contributed by atoms with Gasteiger partial charge in [0, 0.05) is 36.3 Å². The van der Waals surface area contributed by atoms with Crippen molar-refractivity contribution in [3.05, 3.63) is 71.8 Å². The molecular weight excluding hydrogens is 297 g/mol. The minimum Gasteiger partial charge on any atom is -0.423 e. The summed E-state index contributed by atoms with van der Waals surface area (Å²) in [5.41, 5.74) is 3.43. The van der Waals surface area contributed by atoms with Crippen molar-refractivity contribution in [1.82, 2.24) is 0 Å². The van der Waals surface area contributed by atoms with Crippen LogP contribution < -0.4 is 10.4 Å². The van der Waals surface area contributed by atoms with E-state index in [1.54, 1.807) is 24.3 Å². The predicted octanol–water partition coefficient (Wildman–Crippen LogP) is 1.99. The summed E-state index contributed by atoms with van der Waals surface area (Å²) in [5.74, 6) is 6.37. The highest BCUT2D eigenvalue weighted by Crippen LogP contribution is 2.27. The monoisotopic (exact) mass is 315 g/mol. The lowest BCUT2D eigenvalue weighted by Gasteiger charge is -2.15. The second kappa shape index (κ2) is 6.80. The first kappa shape index (κ1) is 16.1. The standard InChI is InChI=1S/C20H18BNO2/c1-22(2)20-8-4-6-18-16(5-3-7-19(18)20)12-9-15-10-13-17(14-11-15)21(23)24/h3-8,10-11,13-14,23-24H,1-2H3. The highest BCUT2D eigenvalue weighted by molar-refractivity contribution is 6.58. The van der Waals surface area contributed by atoms with Gasteiger partial charge in [-0.1, -0.05) is 48.2 Å². The maximum Gasteiger partial charge on any atom is 0.488 e. The first-order valence-electron chi connectivity index (χ1n) is 7.73. The van der Waals surface area contributed by atoms with E-state index in [0.29, 0.717) is 5.46 Å². The van der Waals surface area contributed by atoms with Crippen LogP contribution in [0.2, 0.25) is 0 Å². The third-order valence-electron chi connectivity index (χ3n) is 3.93. The highest BCUT2D eigenvalue weighted by atomic mass is 16.4. The van der Waals surface area contributed by atoms with Gasteiger partial charge in [0.1, 0.15) is 0 Å². The van der Waals surface area contributed by atoms with Crippen LogP contribution in [0.3, 0.4) is 0 Å². The van der Waals surface area contributed by atoms with E-state index >= 15 is 0 Å². The van der Waals surface area contributed by atoms with Gasteiger partial charge in [-0.05, 0) is 35.1 Å². The van der Waals surface area contributed by atoms with Crippen molar-refractivity contribution in [1.29, 1.82) is 0 Å². The van der Waals surface area contributed by atoms with E-state index in [4.69, 9.17) is 10.0 Å². The molecule has 3 aromatic rings. The molecule has 0 heterocycles. The Kier molecular flexibility index (Phi) is 4.57. The fourth-order valence-corrected chi connectivity index (χ4v) is 2.67. The molecule has 2 N–H and O–H groups in total. The number of hydrogen-bond acceptors (Lipinski definition) is 3. The Morgan fingerprint density at radius 2 is 1.46 bits per heavy atom. The number of benzene rings is 3. The Morgan fingerprint density at radius 1 is 0.792 bits per heavy atom. The van der Waals surface area contributed by atoms with Crippen molar-refractivity contribution in [3.63, 3.8) is 0 Å². The van der Waals surface area contributed by atoms with Gasteiger partial charge in [0.05, 0.1) is 0 Å². The van der Waals surface area contributed by atoms with Crippen LogP contribution in [0.5, 0.6) is 0 Å². The summed E-state index contributed by atoms with van der Waals surface area (Å²) in [6.07, 6.45) is 0. The van der Waals surface area contributed by atoms with Crippen LogP contribution >= 0.6 is 0 Å². The molecule has 0 spiro atoms. The van der Waals surface area contributed by atoms with E-state index in [1.807, 2.05) is 32.3 Å². The largest absolute Gasteiger partial charge is 0.488 e. The summed E-state index contributed by atoms with van der Waals surface area (Å²) in [4.78, 5) is 2.10. The molecule has 0 aromatic heterocycles. The molecule has 24 heavy (non-hydrogen) atoms. The number of hydrogen-bond donors (Lipinski definition) is 2. The summed E-state index contributed by atoms with van der Waals surface area (Å²) in [6.45, 7) is 0. The van der Waals surface area contributed by atoms with Crippen molar-refractivity contribution < 1.29 is 10.0 Å². The molecule has 0 fully saturated rings. The number of fused-ring (bicyclic) bond motifs is 1. The highest BCUT2D eigenvalue weighted by Gasteiger charge is 2.09. The van der Waals surface area contributed by atoms with Gasteiger partial charge >= 0.3 is 7.12 Å². The van der Waals surface area contributed by atoms with Gasteiger partial charge in [-0.2, -0.15) is 0 Å². The third kappa shape index (κ3) is 3.28. The first-order chi connectivity index (χ1) is 11.6. The van der Waals surface area contributed by atoms with Gasteiger partial charge in [0.15, 0.2) is 0 Å². The Bertz CT molecular complexity index is 922. The first-order valence-corrected chi connectivity index (χ1v) is 7.73. The smallest absolute Gasteiger partial charge is 0.423 e. The minimum absolute atomic E-state index is 0.460. The molecule has 3 aromatic carbocycles. The minimum atomic E-state index is -1.45. The molecule has 0 saturated carbocycles. The lowest BCUT2D eigenvalue weighted by molar-refractivity contribution is 0.426. The quantitative estimate of drug-likeness (QED) is 0.561. The number of anilines is 1. The molecule has 0 atom stereocenters. The lowest BCUT2D eigenvalue weighted by Crippen LogP contribution is -2.29. The molecule has 0 aliphatic heterocycles. The molecule has 0 bridgehead atoms. The fourth-order valence-electron chi connectivity index (χ4n) is 2.67. The zero-order valence-electron chi connectivity index (χ0n) is 13.7. The van der Waals surface area contributed by atoms with E-state index in [-0.39, 0.29) is 0 Å². The SMILES string of the molecule is CN(C)c1cccc2c(C#Cc3ccc(B(O)O)cc3)cccc12.